The Balaban J connectivity index is 2.05. The van der Waals surface area contributed by atoms with Crippen molar-refractivity contribution in [3.8, 4) is 0 Å². The van der Waals surface area contributed by atoms with Crippen molar-refractivity contribution < 1.29 is 14.0 Å². The van der Waals surface area contributed by atoms with Gasteiger partial charge in [-0.2, -0.15) is 0 Å². The summed E-state index contributed by atoms with van der Waals surface area (Å²) in [6, 6.07) is 8.71. The second-order valence-corrected chi connectivity index (χ2v) is 6.31. The van der Waals surface area contributed by atoms with Crippen molar-refractivity contribution >= 4 is 17.6 Å². The number of anilines is 1. The Morgan fingerprint density at radius 2 is 1.88 bits per heavy atom. The van der Waals surface area contributed by atoms with Gasteiger partial charge in [-0.25, -0.2) is 4.79 Å². The summed E-state index contributed by atoms with van der Waals surface area (Å²) in [7, 11) is 3.42. The van der Waals surface area contributed by atoms with Crippen LogP contribution in [0.4, 0.5) is 10.5 Å². The molecule has 2 N–H and O–H groups in total. The van der Waals surface area contributed by atoms with Gasteiger partial charge in [0.05, 0.1) is 12.5 Å². The fraction of sp³-hybridized carbons (Fsp3) is 0.368. The van der Waals surface area contributed by atoms with Gasteiger partial charge in [0.1, 0.15) is 11.5 Å². The van der Waals surface area contributed by atoms with Crippen LogP contribution in [0.2, 0.25) is 0 Å². The molecule has 134 valence electrons. The third kappa shape index (κ3) is 4.86. The SMILES string of the molecule is Cc1cc([C@@H](C)NC(=O)Nc2ccccc2CC(=O)N(C)C)c(C)o1. The van der Waals surface area contributed by atoms with Gasteiger partial charge in [0.15, 0.2) is 0 Å². The lowest BCUT2D eigenvalue weighted by molar-refractivity contribution is -0.127. The number of aryl methyl sites for hydroxylation is 2. The fourth-order valence-electron chi connectivity index (χ4n) is 2.63. The molecule has 25 heavy (non-hydrogen) atoms. The first-order chi connectivity index (χ1) is 11.8. The summed E-state index contributed by atoms with van der Waals surface area (Å²) in [6.07, 6.45) is 0.235. The number of para-hydroxylation sites is 1. The smallest absolute Gasteiger partial charge is 0.319 e. The number of hydrogen-bond acceptors (Lipinski definition) is 3. The van der Waals surface area contributed by atoms with Crippen LogP contribution in [0.25, 0.3) is 0 Å². The zero-order valence-corrected chi connectivity index (χ0v) is 15.3. The molecule has 0 aliphatic heterocycles. The van der Waals surface area contributed by atoms with Crippen molar-refractivity contribution in [3.05, 3.63) is 53.0 Å². The highest BCUT2D eigenvalue weighted by molar-refractivity contribution is 5.91. The van der Waals surface area contributed by atoms with Crippen molar-refractivity contribution in [2.24, 2.45) is 0 Å². The van der Waals surface area contributed by atoms with Crippen LogP contribution in [0, 0.1) is 13.8 Å². The molecule has 6 heteroatoms. The van der Waals surface area contributed by atoms with Gasteiger partial charge in [-0.15, -0.1) is 0 Å². The third-order valence-corrected chi connectivity index (χ3v) is 4.00. The van der Waals surface area contributed by atoms with Crippen LogP contribution in [0.3, 0.4) is 0 Å². The van der Waals surface area contributed by atoms with E-state index in [-0.39, 0.29) is 24.4 Å². The molecule has 6 nitrogen and oxygen atoms in total. The molecule has 0 aliphatic carbocycles. The number of benzene rings is 1. The first kappa shape index (κ1) is 18.6. The summed E-state index contributed by atoms with van der Waals surface area (Å²) in [6.45, 7) is 5.65. The molecule has 0 bridgehead atoms. The van der Waals surface area contributed by atoms with E-state index in [0.717, 1.165) is 22.6 Å². The number of amides is 3. The van der Waals surface area contributed by atoms with Gasteiger partial charge in [0.25, 0.3) is 0 Å². The average molecular weight is 343 g/mol. The van der Waals surface area contributed by atoms with E-state index in [1.807, 2.05) is 45.0 Å². The molecule has 0 radical (unpaired) electrons. The number of carbonyl (C=O) groups excluding carboxylic acids is 2. The van der Waals surface area contributed by atoms with Crippen molar-refractivity contribution in [1.82, 2.24) is 10.2 Å². The van der Waals surface area contributed by atoms with Crippen LogP contribution in [-0.2, 0) is 11.2 Å². The number of urea groups is 1. The van der Waals surface area contributed by atoms with E-state index >= 15 is 0 Å². The Morgan fingerprint density at radius 3 is 2.48 bits per heavy atom. The van der Waals surface area contributed by atoms with E-state index in [1.165, 1.54) is 4.90 Å². The zero-order chi connectivity index (χ0) is 18.6. The normalized spacial score (nSPS) is 11.7. The molecule has 2 rings (SSSR count). The molecule has 0 saturated carbocycles. The van der Waals surface area contributed by atoms with Gasteiger partial charge in [0, 0.05) is 25.3 Å². The average Bonchev–Trinajstić information content (AvgIpc) is 2.87. The lowest BCUT2D eigenvalue weighted by Gasteiger charge is -2.17. The summed E-state index contributed by atoms with van der Waals surface area (Å²) in [5, 5.41) is 5.73. The monoisotopic (exact) mass is 343 g/mol. The first-order valence-electron chi connectivity index (χ1n) is 8.20. The number of hydrogen-bond donors (Lipinski definition) is 2. The molecule has 1 atom stereocenters. The van der Waals surface area contributed by atoms with Gasteiger partial charge in [-0.3, -0.25) is 4.79 Å². The van der Waals surface area contributed by atoms with Gasteiger partial charge in [-0.1, -0.05) is 18.2 Å². The number of nitrogens with zero attached hydrogens (tertiary/aromatic N) is 1. The molecule has 0 aliphatic rings. The number of likely N-dealkylation sites (N-methyl/N-ethyl adjacent to an activating group) is 1. The Labute approximate surface area is 148 Å². The van der Waals surface area contributed by atoms with Crippen molar-refractivity contribution in [2.75, 3.05) is 19.4 Å². The zero-order valence-electron chi connectivity index (χ0n) is 15.3. The van der Waals surface area contributed by atoms with E-state index in [2.05, 4.69) is 10.6 Å². The van der Waals surface area contributed by atoms with Crippen LogP contribution < -0.4 is 10.6 Å². The van der Waals surface area contributed by atoms with E-state index in [1.54, 1.807) is 20.2 Å². The molecular formula is C19H25N3O3. The minimum atomic E-state index is -0.324. The number of rotatable bonds is 5. The maximum Gasteiger partial charge on any atom is 0.319 e. The lowest BCUT2D eigenvalue weighted by Crippen LogP contribution is -2.32. The molecule has 2 aromatic rings. The van der Waals surface area contributed by atoms with E-state index < -0.39 is 0 Å². The maximum atomic E-state index is 12.3. The van der Waals surface area contributed by atoms with E-state index in [0.29, 0.717) is 5.69 Å². The van der Waals surface area contributed by atoms with E-state index in [4.69, 9.17) is 4.42 Å². The minimum Gasteiger partial charge on any atom is -0.466 e. The molecular weight excluding hydrogens is 318 g/mol. The highest BCUT2D eigenvalue weighted by Gasteiger charge is 2.16. The maximum absolute atomic E-state index is 12.3. The summed E-state index contributed by atoms with van der Waals surface area (Å²) < 4.78 is 5.51. The van der Waals surface area contributed by atoms with Gasteiger partial charge < -0.3 is 20.0 Å². The van der Waals surface area contributed by atoms with Gasteiger partial charge in [-0.05, 0) is 38.5 Å². The first-order valence-corrected chi connectivity index (χ1v) is 8.20. The summed E-state index contributed by atoms with van der Waals surface area (Å²) in [5.74, 6) is 1.59. The summed E-state index contributed by atoms with van der Waals surface area (Å²) in [5.41, 5.74) is 2.35. The fourth-order valence-corrected chi connectivity index (χ4v) is 2.63. The predicted octanol–water partition coefficient (Wildman–Crippen LogP) is 3.41. The van der Waals surface area contributed by atoms with Crippen LogP contribution in [0.15, 0.2) is 34.7 Å². The molecule has 0 fully saturated rings. The molecule has 1 heterocycles. The summed E-state index contributed by atoms with van der Waals surface area (Å²) >= 11 is 0. The minimum absolute atomic E-state index is 0.0208. The lowest BCUT2D eigenvalue weighted by atomic mass is 10.1. The molecule has 0 unspecified atom stereocenters. The molecule has 0 spiro atoms. The second kappa shape index (κ2) is 7.88. The Kier molecular flexibility index (Phi) is 5.85. The highest BCUT2D eigenvalue weighted by Crippen LogP contribution is 2.22. The van der Waals surface area contributed by atoms with Crippen LogP contribution >= 0.6 is 0 Å². The number of furan rings is 1. The van der Waals surface area contributed by atoms with Crippen molar-refractivity contribution in [3.63, 3.8) is 0 Å². The van der Waals surface area contributed by atoms with Crippen LogP contribution in [0.5, 0.6) is 0 Å². The summed E-state index contributed by atoms with van der Waals surface area (Å²) in [4.78, 5) is 25.8. The highest BCUT2D eigenvalue weighted by atomic mass is 16.3. The van der Waals surface area contributed by atoms with Crippen molar-refractivity contribution in [1.29, 1.82) is 0 Å². The topological polar surface area (TPSA) is 74.6 Å². The quantitative estimate of drug-likeness (QED) is 0.873. The van der Waals surface area contributed by atoms with Crippen LogP contribution in [-0.4, -0.2) is 30.9 Å². The Hall–Kier alpha value is -2.76. The Morgan fingerprint density at radius 1 is 1.20 bits per heavy atom. The molecule has 3 amide bonds. The number of carbonyl (C=O) groups is 2. The van der Waals surface area contributed by atoms with E-state index in [9.17, 15) is 9.59 Å². The molecule has 1 aromatic heterocycles. The Bertz CT molecular complexity index is 765. The predicted molar refractivity (Wildman–Crippen MR) is 97.6 cm³/mol. The third-order valence-electron chi connectivity index (χ3n) is 4.00. The molecule has 1 aromatic carbocycles. The van der Waals surface area contributed by atoms with Crippen LogP contribution in [0.1, 0.15) is 35.6 Å². The van der Waals surface area contributed by atoms with Gasteiger partial charge in [0.2, 0.25) is 5.91 Å². The second-order valence-electron chi connectivity index (χ2n) is 6.31. The number of nitrogens with one attached hydrogen (secondary N) is 2. The van der Waals surface area contributed by atoms with Crippen molar-refractivity contribution in [2.45, 2.75) is 33.2 Å². The largest absolute Gasteiger partial charge is 0.466 e. The standard InChI is InChI=1S/C19H25N3O3/c1-12-10-16(14(3)25-12)13(2)20-19(24)21-17-9-7-6-8-15(17)11-18(23)22(4)5/h6-10,13H,11H2,1-5H3,(H2,20,21,24)/t13-/m1/s1. The van der Waals surface area contributed by atoms with Gasteiger partial charge >= 0.3 is 6.03 Å². The molecule has 0 saturated heterocycles.